The molecular formula is C28H28N2O5. The van der Waals surface area contributed by atoms with Gasteiger partial charge in [-0.1, -0.05) is 42.5 Å². The van der Waals surface area contributed by atoms with Gasteiger partial charge in [0.15, 0.2) is 0 Å². The van der Waals surface area contributed by atoms with Gasteiger partial charge in [-0.3, -0.25) is 0 Å². The Hall–Kier alpha value is -4.26. The molecule has 3 aromatic carbocycles. The molecule has 1 aliphatic heterocycles. The van der Waals surface area contributed by atoms with Gasteiger partial charge in [-0.05, 0) is 60.9 Å². The van der Waals surface area contributed by atoms with Gasteiger partial charge < -0.3 is 24.8 Å². The highest BCUT2D eigenvalue weighted by molar-refractivity contribution is 6.04. The van der Waals surface area contributed by atoms with Crippen molar-refractivity contribution in [2.45, 2.75) is 26.5 Å². The number of esters is 1. The molecule has 35 heavy (non-hydrogen) atoms. The fourth-order valence-electron chi connectivity index (χ4n) is 3.99. The van der Waals surface area contributed by atoms with Gasteiger partial charge in [0.1, 0.15) is 18.1 Å². The number of hydrogen-bond donors (Lipinski definition) is 2. The van der Waals surface area contributed by atoms with E-state index in [0.717, 1.165) is 11.1 Å². The second-order valence-electron chi connectivity index (χ2n) is 8.02. The van der Waals surface area contributed by atoms with Crippen molar-refractivity contribution < 1.29 is 23.8 Å². The van der Waals surface area contributed by atoms with E-state index in [-0.39, 0.29) is 6.61 Å². The Labute approximate surface area is 204 Å². The van der Waals surface area contributed by atoms with Crippen LogP contribution in [-0.4, -0.2) is 25.7 Å². The van der Waals surface area contributed by atoms with Gasteiger partial charge in [-0.15, -0.1) is 0 Å². The third-order valence-corrected chi connectivity index (χ3v) is 5.82. The quantitative estimate of drug-likeness (QED) is 0.455. The first-order valence-corrected chi connectivity index (χ1v) is 11.4. The highest BCUT2D eigenvalue weighted by atomic mass is 16.5. The van der Waals surface area contributed by atoms with Gasteiger partial charge in [-0.25, -0.2) is 9.59 Å². The lowest BCUT2D eigenvalue weighted by Crippen LogP contribution is -2.45. The molecule has 0 aromatic heterocycles. The predicted octanol–water partition coefficient (Wildman–Crippen LogP) is 4.91. The Morgan fingerprint density at radius 1 is 0.971 bits per heavy atom. The van der Waals surface area contributed by atoms with Crippen molar-refractivity contribution in [2.24, 2.45) is 0 Å². The highest BCUT2D eigenvalue weighted by Crippen LogP contribution is 2.36. The molecule has 1 unspecified atom stereocenters. The van der Waals surface area contributed by atoms with Crippen LogP contribution >= 0.6 is 0 Å². The normalized spacial score (nSPS) is 15.2. The molecule has 0 saturated carbocycles. The molecule has 3 aromatic rings. The van der Waals surface area contributed by atoms with E-state index in [2.05, 4.69) is 10.6 Å². The molecule has 0 bridgehead atoms. The van der Waals surface area contributed by atoms with Gasteiger partial charge in [0.2, 0.25) is 0 Å². The van der Waals surface area contributed by atoms with Crippen LogP contribution in [0.15, 0.2) is 78.4 Å². The SMILES string of the molecule is CCOC(=O)C1=C(c2ccc(OC)cc2)NC(=O)NC1c1ccccc1OCc1ccccc1C. The fraction of sp³-hybridized carbons (Fsp3) is 0.214. The van der Waals surface area contributed by atoms with Crippen molar-refractivity contribution >= 4 is 17.7 Å². The molecule has 0 radical (unpaired) electrons. The lowest BCUT2D eigenvalue weighted by atomic mass is 9.92. The van der Waals surface area contributed by atoms with Crippen LogP contribution in [0.1, 0.15) is 35.2 Å². The number of hydrogen-bond acceptors (Lipinski definition) is 5. The number of nitrogens with one attached hydrogen (secondary N) is 2. The van der Waals surface area contributed by atoms with Crippen molar-refractivity contribution in [3.05, 3.63) is 101 Å². The Bertz CT molecular complexity index is 1250. The van der Waals surface area contributed by atoms with E-state index in [9.17, 15) is 9.59 Å². The summed E-state index contributed by atoms with van der Waals surface area (Å²) in [6, 6.07) is 21.3. The summed E-state index contributed by atoms with van der Waals surface area (Å²) in [6.45, 7) is 4.33. The van der Waals surface area contributed by atoms with E-state index in [1.54, 1.807) is 38.3 Å². The molecule has 0 saturated heterocycles. The number of carbonyl (C=O) groups is 2. The summed E-state index contributed by atoms with van der Waals surface area (Å²) in [6.07, 6.45) is 0. The third-order valence-electron chi connectivity index (χ3n) is 5.82. The van der Waals surface area contributed by atoms with Crippen molar-refractivity contribution in [1.82, 2.24) is 10.6 Å². The highest BCUT2D eigenvalue weighted by Gasteiger charge is 2.35. The lowest BCUT2D eigenvalue weighted by Gasteiger charge is -2.30. The van der Waals surface area contributed by atoms with E-state index in [4.69, 9.17) is 14.2 Å². The first kappa shape index (κ1) is 23.9. The summed E-state index contributed by atoms with van der Waals surface area (Å²) in [5.74, 6) is 0.710. The lowest BCUT2D eigenvalue weighted by molar-refractivity contribution is -0.138. The van der Waals surface area contributed by atoms with Crippen molar-refractivity contribution in [3.63, 3.8) is 0 Å². The fourth-order valence-corrected chi connectivity index (χ4v) is 3.99. The minimum Gasteiger partial charge on any atom is -0.497 e. The smallest absolute Gasteiger partial charge is 0.338 e. The van der Waals surface area contributed by atoms with Crippen LogP contribution in [0.2, 0.25) is 0 Å². The molecule has 180 valence electrons. The number of urea groups is 1. The summed E-state index contributed by atoms with van der Waals surface area (Å²) < 4.78 is 16.8. The molecule has 1 heterocycles. The molecule has 2 N–H and O–H groups in total. The van der Waals surface area contributed by atoms with Gasteiger partial charge >= 0.3 is 12.0 Å². The average Bonchev–Trinajstić information content (AvgIpc) is 2.88. The number of ether oxygens (including phenoxy) is 3. The number of amides is 2. The number of carbonyl (C=O) groups excluding carboxylic acids is 2. The Kier molecular flexibility index (Phi) is 7.35. The summed E-state index contributed by atoms with van der Waals surface area (Å²) in [5, 5.41) is 5.67. The largest absolute Gasteiger partial charge is 0.497 e. The Morgan fingerprint density at radius 2 is 1.69 bits per heavy atom. The maximum Gasteiger partial charge on any atom is 0.338 e. The molecule has 2 amide bonds. The van der Waals surface area contributed by atoms with Crippen LogP contribution in [0.3, 0.4) is 0 Å². The molecule has 0 spiro atoms. The molecular weight excluding hydrogens is 444 g/mol. The minimum atomic E-state index is -0.770. The van der Waals surface area contributed by atoms with Gasteiger partial charge in [0.05, 0.1) is 31.0 Å². The van der Waals surface area contributed by atoms with Gasteiger partial charge in [0, 0.05) is 5.56 Å². The summed E-state index contributed by atoms with van der Waals surface area (Å²) in [5.41, 5.74) is 4.17. The summed E-state index contributed by atoms with van der Waals surface area (Å²) >= 11 is 0. The van der Waals surface area contributed by atoms with Crippen molar-refractivity contribution in [2.75, 3.05) is 13.7 Å². The number of para-hydroxylation sites is 1. The van der Waals surface area contributed by atoms with Crippen LogP contribution in [-0.2, 0) is 16.1 Å². The number of aryl methyl sites for hydroxylation is 1. The molecule has 0 fully saturated rings. The second kappa shape index (κ2) is 10.8. The standard InChI is InChI=1S/C28H28N2O5/c1-4-34-27(31)24-25(19-13-15-21(33-3)16-14-19)29-28(32)30-26(24)22-11-7-8-12-23(22)35-17-20-10-6-5-9-18(20)2/h5-16,26H,4,17H2,1-3H3,(H2,29,30,32). The Morgan fingerprint density at radius 3 is 2.40 bits per heavy atom. The number of benzene rings is 3. The van der Waals surface area contributed by atoms with E-state index in [0.29, 0.717) is 40.5 Å². The number of methoxy groups -OCH3 is 1. The number of rotatable bonds is 8. The molecule has 4 rings (SSSR count). The molecule has 0 aliphatic carbocycles. The summed E-state index contributed by atoms with van der Waals surface area (Å²) in [7, 11) is 1.58. The zero-order valence-electron chi connectivity index (χ0n) is 20.0. The van der Waals surface area contributed by atoms with E-state index in [1.165, 1.54) is 0 Å². The van der Waals surface area contributed by atoms with E-state index >= 15 is 0 Å². The van der Waals surface area contributed by atoms with E-state index in [1.807, 2.05) is 55.5 Å². The van der Waals surface area contributed by atoms with Gasteiger partial charge in [-0.2, -0.15) is 0 Å². The van der Waals surface area contributed by atoms with E-state index < -0.39 is 18.0 Å². The average molecular weight is 473 g/mol. The predicted molar refractivity (Wildman–Crippen MR) is 133 cm³/mol. The molecule has 7 heteroatoms. The monoisotopic (exact) mass is 472 g/mol. The van der Waals surface area contributed by atoms with Crippen LogP contribution in [0.25, 0.3) is 5.70 Å². The zero-order valence-corrected chi connectivity index (χ0v) is 20.0. The van der Waals surface area contributed by atoms with Gasteiger partial charge in [0.25, 0.3) is 0 Å². The maximum absolute atomic E-state index is 13.2. The summed E-state index contributed by atoms with van der Waals surface area (Å²) in [4.78, 5) is 25.9. The topological polar surface area (TPSA) is 85.9 Å². The Balaban J connectivity index is 1.77. The van der Waals surface area contributed by atoms with Crippen molar-refractivity contribution in [3.8, 4) is 11.5 Å². The zero-order chi connectivity index (χ0) is 24.8. The molecule has 1 aliphatic rings. The molecule has 7 nitrogen and oxygen atoms in total. The van der Waals surface area contributed by atoms with Crippen LogP contribution in [0, 0.1) is 6.92 Å². The first-order valence-electron chi connectivity index (χ1n) is 11.4. The van der Waals surface area contributed by atoms with Crippen molar-refractivity contribution in [1.29, 1.82) is 0 Å². The van der Waals surface area contributed by atoms with Crippen LogP contribution in [0.4, 0.5) is 4.79 Å². The minimum absolute atomic E-state index is 0.199. The molecule has 1 atom stereocenters. The first-order chi connectivity index (χ1) is 17.0. The van der Waals surface area contributed by atoms with Crippen LogP contribution in [0.5, 0.6) is 11.5 Å². The van der Waals surface area contributed by atoms with Crippen LogP contribution < -0.4 is 20.1 Å². The third kappa shape index (κ3) is 5.30. The second-order valence-corrected chi connectivity index (χ2v) is 8.02. The maximum atomic E-state index is 13.2.